The Kier molecular flexibility index (Phi) is 19.7. The molecule has 19 nitrogen and oxygen atoms in total. The van der Waals surface area contributed by atoms with E-state index >= 15 is 0 Å². The fourth-order valence-corrected chi connectivity index (χ4v) is 6.38. The number of rotatable bonds is 15. The molecule has 0 heterocycles. The van der Waals surface area contributed by atoms with Crippen LogP contribution in [0, 0.1) is 10.1 Å². The summed E-state index contributed by atoms with van der Waals surface area (Å²) in [5.41, 5.74) is -7.09. The zero-order valence-corrected chi connectivity index (χ0v) is 40.3. The van der Waals surface area contributed by atoms with Gasteiger partial charge < -0.3 is 45.5 Å². The van der Waals surface area contributed by atoms with Crippen molar-refractivity contribution < 1.29 is 74.2 Å². The SMILES string of the molecule is CC(C)(C)OC(=O)/N=C(\NCCCCC(=O)Nc1cc(C(F)(F)F)cc(NC(=O)Nc2cccc(Oc3cc([N+](=O)[O-])cc(C(F)(F)F)c3)c2)c1SCCNC(=O)OC(C)(C)C)NC(=O)OC(C)(C)C. The van der Waals surface area contributed by atoms with Crippen molar-refractivity contribution in [2.75, 3.05) is 34.8 Å². The zero-order chi connectivity index (χ0) is 52.8. The first-order chi connectivity index (χ1) is 32.2. The van der Waals surface area contributed by atoms with Crippen LogP contribution in [0.1, 0.15) is 92.7 Å². The van der Waals surface area contributed by atoms with Gasteiger partial charge in [-0.3, -0.25) is 20.2 Å². The molecule has 3 aromatic rings. The maximum Gasteiger partial charge on any atom is 0.437 e. The van der Waals surface area contributed by atoms with Gasteiger partial charge in [0.1, 0.15) is 28.3 Å². The second-order valence-electron chi connectivity index (χ2n) is 17.9. The number of nitro benzene ring substituents is 1. The minimum atomic E-state index is -5.00. The lowest BCUT2D eigenvalue weighted by Crippen LogP contribution is -2.44. The molecular weight excluding hydrogens is 963 g/mol. The van der Waals surface area contributed by atoms with Crippen LogP contribution < -0.4 is 36.6 Å². The number of alkyl halides is 6. The molecule has 6 N–H and O–H groups in total. The van der Waals surface area contributed by atoms with E-state index in [1.165, 1.54) is 18.2 Å². The summed E-state index contributed by atoms with van der Waals surface area (Å²) in [6.45, 7) is 14.5. The third-order valence-corrected chi connectivity index (χ3v) is 9.19. The number of carbonyl (C=O) groups excluding carboxylic acids is 5. The highest BCUT2D eigenvalue weighted by Crippen LogP contribution is 2.42. The minimum absolute atomic E-state index is 0.0208. The van der Waals surface area contributed by atoms with Crippen LogP contribution in [0.5, 0.6) is 11.5 Å². The van der Waals surface area contributed by atoms with E-state index in [9.17, 15) is 60.4 Å². The van der Waals surface area contributed by atoms with Gasteiger partial charge in [0.15, 0.2) is 0 Å². The molecule has 0 saturated carbocycles. The molecule has 0 radical (unpaired) electrons. The molecule has 0 unspecified atom stereocenters. The van der Waals surface area contributed by atoms with Gasteiger partial charge in [-0.2, -0.15) is 26.3 Å². The van der Waals surface area contributed by atoms with Gasteiger partial charge in [-0.15, -0.1) is 16.8 Å². The van der Waals surface area contributed by atoms with E-state index in [1.54, 1.807) is 62.3 Å². The van der Waals surface area contributed by atoms with E-state index < -0.39 is 92.5 Å². The first kappa shape index (κ1) is 57.3. The van der Waals surface area contributed by atoms with Crippen LogP contribution in [-0.2, 0) is 31.4 Å². The van der Waals surface area contributed by atoms with Crippen LogP contribution in [0.2, 0.25) is 0 Å². The largest absolute Gasteiger partial charge is 0.457 e. The normalized spacial score (nSPS) is 12.2. The summed E-state index contributed by atoms with van der Waals surface area (Å²) in [5, 5.41) is 26.1. The third-order valence-electron chi connectivity index (χ3n) is 8.05. The molecule has 0 fully saturated rings. The van der Waals surface area contributed by atoms with Gasteiger partial charge in [-0.25, -0.2) is 19.2 Å². The maximum atomic E-state index is 14.4. The molecule has 6 amide bonds. The maximum absolute atomic E-state index is 14.4. The number of thioether (sulfide) groups is 1. The molecule has 0 bridgehead atoms. The number of hydrogen-bond donors (Lipinski definition) is 6. The quantitative estimate of drug-likeness (QED) is 0.0121. The Labute approximate surface area is 402 Å². The summed E-state index contributed by atoms with van der Waals surface area (Å²) in [6, 6.07) is 6.75. The van der Waals surface area contributed by atoms with E-state index in [2.05, 4.69) is 36.9 Å². The van der Waals surface area contributed by atoms with Gasteiger partial charge in [0, 0.05) is 43.1 Å². The number of nitrogens with one attached hydrogen (secondary N) is 6. The number of non-ortho nitro benzene ring substituents is 1. The number of hydrogen-bond acceptors (Lipinski definition) is 12. The second-order valence-corrected chi connectivity index (χ2v) is 19.0. The number of guanidine groups is 1. The molecule has 0 aliphatic carbocycles. The number of ether oxygens (including phenoxy) is 4. The molecular formula is C44H54F6N8O11S. The van der Waals surface area contributed by atoms with Crippen molar-refractivity contribution in [2.45, 2.75) is 116 Å². The molecule has 0 spiro atoms. The van der Waals surface area contributed by atoms with Crippen molar-refractivity contribution in [3.8, 4) is 11.5 Å². The number of amides is 6. The molecule has 0 aliphatic heterocycles. The first-order valence-electron chi connectivity index (χ1n) is 21.1. The molecule has 384 valence electrons. The lowest BCUT2D eigenvalue weighted by Gasteiger charge is -2.21. The van der Waals surface area contributed by atoms with Crippen LogP contribution >= 0.6 is 11.8 Å². The van der Waals surface area contributed by atoms with Crippen LogP contribution in [0.4, 0.5) is 68.3 Å². The second kappa shape index (κ2) is 24.0. The number of urea groups is 1. The lowest BCUT2D eigenvalue weighted by atomic mass is 10.1. The number of carbonyl (C=O) groups is 5. The van der Waals surface area contributed by atoms with Gasteiger partial charge in [0.25, 0.3) is 5.69 Å². The molecule has 3 aromatic carbocycles. The highest BCUT2D eigenvalue weighted by Gasteiger charge is 2.34. The van der Waals surface area contributed by atoms with Crippen LogP contribution in [-0.4, -0.2) is 76.7 Å². The summed E-state index contributed by atoms with van der Waals surface area (Å²) in [7, 11) is 0. The highest BCUT2D eigenvalue weighted by molar-refractivity contribution is 7.99. The number of unbranched alkanes of at least 4 members (excludes halogenated alkanes) is 1. The Bertz CT molecular complexity index is 2420. The van der Waals surface area contributed by atoms with Crippen LogP contribution in [0.25, 0.3) is 0 Å². The fraction of sp³-hybridized carbons (Fsp3) is 0.455. The number of nitro groups is 1. The van der Waals surface area contributed by atoms with Gasteiger partial charge in [0.05, 0.1) is 38.4 Å². The predicted octanol–water partition coefficient (Wildman–Crippen LogP) is 11.2. The van der Waals surface area contributed by atoms with Crippen LogP contribution in [0.3, 0.4) is 0 Å². The molecule has 70 heavy (non-hydrogen) atoms. The Morgan fingerprint density at radius 1 is 0.671 bits per heavy atom. The third kappa shape index (κ3) is 21.5. The molecule has 0 aromatic heterocycles. The number of nitrogens with zero attached hydrogens (tertiary/aromatic N) is 2. The molecule has 26 heteroatoms. The van der Waals surface area contributed by atoms with Crippen molar-refractivity contribution in [3.05, 3.63) is 75.8 Å². The Morgan fingerprint density at radius 3 is 1.84 bits per heavy atom. The monoisotopic (exact) mass is 1020 g/mol. The average molecular weight is 1020 g/mol. The van der Waals surface area contributed by atoms with Crippen molar-refractivity contribution in [1.82, 2.24) is 16.0 Å². The van der Waals surface area contributed by atoms with Gasteiger partial charge >= 0.3 is 36.7 Å². The number of anilines is 3. The minimum Gasteiger partial charge on any atom is -0.457 e. The number of aliphatic imine (C=N–C) groups is 1. The Balaban J connectivity index is 1.86. The average Bonchev–Trinajstić information content (AvgIpc) is 3.17. The van der Waals surface area contributed by atoms with E-state index in [4.69, 9.17) is 18.9 Å². The summed E-state index contributed by atoms with van der Waals surface area (Å²) >= 11 is 0.856. The van der Waals surface area contributed by atoms with Gasteiger partial charge in [-0.05, 0) is 105 Å². The van der Waals surface area contributed by atoms with E-state index in [0.717, 1.165) is 23.9 Å². The lowest BCUT2D eigenvalue weighted by molar-refractivity contribution is -0.385. The number of benzene rings is 3. The Hall–Kier alpha value is -6.99. The van der Waals surface area contributed by atoms with Crippen molar-refractivity contribution in [3.63, 3.8) is 0 Å². The summed E-state index contributed by atoms with van der Waals surface area (Å²) in [5.74, 6) is -1.83. The molecule has 0 saturated heterocycles. The van der Waals surface area contributed by atoms with E-state index in [-0.39, 0.29) is 66.1 Å². The summed E-state index contributed by atoms with van der Waals surface area (Å²) < 4.78 is 105. The van der Waals surface area contributed by atoms with Crippen molar-refractivity contribution >= 4 is 70.7 Å². The van der Waals surface area contributed by atoms with Crippen LogP contribution in [0.15, 0.2) is 64.5 Å². The summed E-state index contributed by atoms with van der Waals surface area (Å²) in [6.07, 6.45) is -12.6. The van der Waals surface area contributed by atoms with E-state index in [0.29, 0.717) is 24.3 Å². The standard InChI is InChI=1S/C44H54F6N8O11S/c1-40(2,3)67-37(61)52-17-18-70-34-31(54-33(59)15-10-11-16-51-35(56-38(62)68-41(4,5)6)57-39(63)69-42(7,8)9)21-26(44(48,49)50)22-32(34)55-36(60)53-27-13-12-14-29(23-27)66-30-20-25(43(45,46)47)19-28(24-30)58(64)65/h12-14,19-24H,10-11,15-18H2,1-9H3,(H,52,61)(H,54,59)(H2,53,55,60)(H2,51,56,57,62,63). The summed E-state index contributed by atoms with van der Waals surface area (Å²) in [4.78, 5) is 77.8. The predicted molar refractivity (Wildman–Crippen MR) is 247 cm³/mol. The highest BCUT2D eigenvalue weighted by atomic mass is 32.2. The van der Waals surface area contributed by atoms with Crippen molar-refractivity contribution in [1.29, 1.82) is 0 Å². The van der Waals surface area contributed by atoms with Crippen molar-refractivity contribution in [2.24, 2.45) is 4.99 Å². The number of alkyl carbamates (subject to hydrolysis) is 2. The smallest absolute Gasteiger partial charge is 0.437 e. The molecule has 0 aliphatic rings. The zero-order valence-electron chi connectivity index (χ0n) is 39.5. The topological polar surface area (TPSA) is 250 Å². The molecule has 3 rings (SSSR count). The van der Waals surface area contributed by atoms with E-state index in [1.807, 2.05) is 0 Å². The number of halogens is 6. The van der Waals surface area contributed by atoms with Gasteiger partial charge in [0.2, 0.25) is 11.9 Å². The fourth-order valence-electron chi connectivity index (χ4n) is 5.44. The molecule has 0 atom stereocenters. The van der Waals surface area contributed by atoms with Gasteiger partial charge in [-0.1, -0.05) is 6.07 Å². The Morgan fingerprint density at radius 2 is 1.26 bits per heavy atom. The first-order valence-corrected chi connectivity index (χ1v) is 22.1.